The van der Waals surface area contributed by atoms with Gasteiger partial charge in [0.25, 0.3) is 0 Å². The number of carbonyl (C=O) groups excluding carboxylic acids is 1. The molecular formula is C23H27N5O2. The average molecular weight is 406 g/mol. The highest BCUT2D eigenvalue weighted by atomic mass is 16.6. The Morgan fingerprint density at radius 3 is 2.40 bits per heavy atom. The third-order valence-corrected chi connectivity index (χ3v) is 5.05. The molecule has 0 N–H and O–H groups in total. The number of imidazole rings is 1. The lowest BCUT2D eigenvalue weighted by molar-refractivity contribution is 0.0240. The zero-order chi connectivity index (χ0) is 21.3. The van der Waals surface area contributed by atoms with Crippen LogP contribution in [0.3, 0.4) is 0 Å². The van der Waals surface area contributed by atoms with Crippen molar-refractivity contribution >= 4 is 23.5 Å². The van der Waals surface area contributed by atoms with Crippen molar-refractivity contribution in [2.45, 2.75) is 26.4 Å². The molecule has 0 spiro atoms. The molecule has 1 saturated heterocycles. The van der Waals surface area contributed by atoms with Crippen LogP contribution in [0.2, 0.25) is 0 Å². The van der Waals surface area contributed by atoms with E-state index in [2.05, 4.69) is 45.8 Å². The summed E-state index contributed by atoms with van der Waals surface area (Å²) in [5, 5.41) is 4.57. The van der Waals surface area contributed by atoms with Crippen molar-refractivity contribution in [1.82, 2.24) is 19.5 Å². The molecule has 4 rings (SSSR count). The van der Waals surface area contributed by atoms with Gasteiger partial charge in [-0.1, -0.05) is 18.7 Å². The van der Waals surface area contributed by atoms with Gasteiger partial charge in [0, 0.05) is 37.4 Å². The van der Waals surface area contributed by atoms with Crippen LogP contribution in [0.4, 0.5) is 10.5 Å². The minimum atomic E-state index is -0.469. The molecule has 0 atom stereocenters. The van der Waals surface area contributed by atoms with E-state index in [1.807, 2.05) is 43.6 Å². The minimum Gasteiger partial charge on any atom is -0.444 e. The first-order valence-corrected chi connectivity index (χ1v) is 10.1. The molecule has 3 heterocycles. The maximum absolute atomic E-state index is 12.3. The van der Waals surface area contributed by atoms with Gasteiger partial charge >= 0.3 is 6.09 Å². The summed E-state index contributed by atoms with van der Waals surface area (Å²) < 4.78 is 7.31. The second kappa shape index (κ2) is 7.82. The number of carbonyl (C=O) groups is 1. The van der Waals surface area contributed by atoms with Gasteiger partial charge in [-0.2, -0.15) is 5.10 Å². The lowest BCUT2D eigenvalue weighted by Crippen LogP contribution is -2.50. The van der Waals surface area contributed by atoms with E-state index in [9.17, 15) is 4.79 Å². The van der Waals surface area contributed by atoms with Gasteiger partial charge in [-0.25, -0.2) is 14.3 Å². The third kappa shape index (κ3) is 4.15. The highest BCUT2D eigenvalue weighted by Crippen LogP contribution is 2.25. The molecule has 1 amide bonds. The molecule has 1 fully saturated rings. The maximum Gasteiger partial charge on any atom is 0.410 e. The van der Waals surface area contributed by atoms with Crippen molar-refractivity contribution in [1.29, 1.82) is 0 Å². The van der Waals surface area contributed by atoms with Crippen LogP contribution in [-0.4, -0.2) is 57.4 Å². The average Bonchev–Trinajstić information content (AvgIpc) is 3.16. The predicted octanol–water partition coefficient (Wildman–Crippen LogP) is 4.10. The zero-order valence-corrected chi connectivity index (χ0v) is 17.7. The van der Waals surface area contributed by atoms with Gasteiger partial charge in [0.1, 0.15) is 5.60 Å². The molecule has 2 aromatic heterocycles. The zero-order valence-electron chi connectivity index (χ0n) is 17.7. The Balaban J connectivity index is 1.45. The number of rotatable bonds is 3. The normalized spacial score (nSPS) is 14.8. The Morgan fingerprint density at radius 2 is 1.77 bits per heavy atom. The van der Waals surface area contributed by atoms with Gasteiger partial charge in [-0.15, -0.1) is 0 Å². The summed E-state index contributed by atoms with van der Waals surface area (Å²) in [5.74, 6) is 0. The van der Waals surface area contributed by atoms with Gasteiger partial charge in [0.15, 0.2) is 5.65 Å². The van der Waals surface area contributed by atoms with E-state index in [1.54, 1.807) is 11.0 Å². The monoisotopic (exact) mass is 405 g/mol. The van der Waals surface area contributed by atoms with Gasteiger partial charge in [-0.05, 0) is 51.1 Å². The van der Waals surface area contributed by atoms with Gasteiger partial charge in [0.2, 0.25) is 0 Å². The Morgan fingerprint density at radius 1 is 1.07 bits per heavy atom. The highest BCUT2D eigenvalue weighted by Gasteiger charge is 2.26. The summed E-state index contributed by atoms with van der Waals surface area (Å²) in [4.78, 5) is 20.7. The number of amides is 1. The Hall–Kier alpha value is -3.35. The van der Waals surface area contributed by atoms with Crippen LogP contribution in [0.1, 0.15) is 26.5 Å². The fourth-order valence-electron chi connectivity index (χ4n) is 3.51. The second-order valence-corrected chi connectivity index (χ2v) is 8.38. The number of fused-ring (bicyclic) bond motifs is 1. The third-order valence-electron chi connectivity index (χ3n) is 5.05. The molecule has 7 nitrogen and oxygen atoms in total. The number of nitrogens with zero attached hydrogens (tertiary/aromatic N) is 5. The lowest BCUT2D eigenvalue weighted by Gasteiger charge is -2.36. The van der Waals surface area contributed by atoms with Crippen LogP contribution in [0.5, 0.6) is 0 Å². The topological polar surface area (TPSA) is 63.0 Å². The number of hydrogen-bond acceptors (Lipinski definition) is 5. The number of ether oxygens (including phenoxy) is 1. The fourth-order valence-corrected chi connectivity index (χ4v) is 3.51. The molecule has 3 aromatic rings. The van der Waals surface area contributed by atoms with Gasteiger partial charge in [0.05, 0.1) is 17.6 Å². The smallest absolute Gasteiger partial charge is 0.410 e. The number of aromatic nitrogens is 3. The Labute approximate surface area is 176 Å². The van der Waals surface area contributed by atoms with E-state index in [4.69, 9.17) is 4.74 Å². The maximum atomic E-state index is 12.3. The summed E-state index contributed by atoms with van der Waals surface area (Å²) in [5.41, 5.74) is 4.26. The van der Waals surface area contributed by atoms with Crippen LogP contribution in [0.25, 0.3) is 23.0 Å². The van der Waals surface area contributed by atoms with Crippen molar-refractivity contribution in [3.63, 3.8) is 0 Å². The summed E-state index contributed by atoms with van der Waals surface area (Å²) in [6.07, 6.45) is 3.32. The molecule has 1 aromatic carbocycles. The molecule has 0 bridgehead atoms. The number of benzene rings is 1. The van der Waals surface area contributed by atoms with E-state index in [-0.39, 0.29) is 6.09 Å². The molecular weight excluding hydrogens is 378 g/mol. The molecule has 0 aliphatic carbocycles. The predicted molar refractivity (Wildman–Crippen MR) is 119 cm³/mol. The molecule has 7 heteroatoms. The first-order chi connectivity index (χ1) is 14.3. The van der Waals surface area contributed by atoms with Gasteiger partial charge in [-0.3, -0.25) is 0 Å². The van der Waals surface area contributed by atoms with Crippen LogP contribution in [0.15, 0.2) is 49.2 Å². The molecule has 156 valence electrons. The highest BCUT2D eigenvalue weighted by molar-refractivity contribution is 5.69. The van der Waals surface area contributed by atoms with E-state index in [0.29, 0.717) is 13.1 Å². The quantitative estimate of drug-likeness (QED) is 0.657. The second-order valence-electron chi connectivity index (χ2n) is 8.38. The van der Waals surface area contributed by atoms with Crippen molar-refractivity contribution in [3.05, 3.63) is 54.9 Å². The van der Waals surface area contributed by atoms with Crippen LogP contribution >= 0.6 is 0 Å². The van der Waals surface area contributed by atoms with E-state index < -0.39 is 5.60 Å². The van der Waals surface area contributed by atoms with Crippen molar-refractivity contribution in [2.75, 3.05) is 31.1 Å². The minimum absolute atomic E-state index is 0.239. The van der Waals surface area contributed by atoms with E-state index >= 15 is 0 Å². The summed E-state index contributed by atoms with van der Waals surface area (Å²) in [6.45, 7) is 12.3. The summed E-state index contributed by atoms with van der Waals surface area (Å²) in [6, 6.07) is 12.2. The molecule has 0 radical (unpaired) electrons. The van der Waals surface area contributed by atoms with E-state index in [1.165, 1.54) is 0 Å². The standard InChI is InChI=1S/C23H27N5O2/c1-5-18-8-11-21-24-16-20(28(21)25-18)17-6-9-19(10-7-17)26-12-14-27(15-13-26)22(29)30-23(2,3)4/h5-11,16H,1,12-15H2,2-4H3. The SMILES string of the molecule is C=Cc1ccc2ncc(-c3ccc(N4CCN(C(=O)OC(C)(C)C)CC4)cc3)n2n1. The lowest BCUT2D eigenvalue weighted by atomic mass is 10.1. The Bertz CT molecular complexity index is 1060. The van der Waals surface area contributed by atoms with E-state index in [0.717, 1.165) is 41.4 Å². The van der Waals surface area contributed by atoms with Crippen LogP contribution in [0, 0.1) is 0 Å². The molecule has 1 aliphatic rings. The molecule has 1 aliphatic heterocycles. The van der Waals surface area contributed by atoms with Crippen LogP contribution < -0.4 is 4.90 Å². The van der Waals surface area contributed by atoms with Crippen molar-refractivity contribution in [3.8, 4) is 11.3 Å². The van der Waals surface area contributed by atoms with Crippen LogP contribution in [-0.2, 0) is 4.74 Å². The first kappa shape index (κ1) is 19.9. The summed E-state index contributed by atoms with van der Waals surface area (Å²) >= 11 is 0. The number of piperazine rings is 1. The Kier molecular flexibility index (Phi) is 5.20. The molecule has 0 unspecified atom stereocenters. The molecule has 30 heavy (non-hydrogen) atoms. The first-order valence-electron chi connectivity index (χ1n) is 10.1. The van der Waals surface area contributed by atoms with Crippen molar-refractivity contribution in [2.24, 2.45) is 0 Å². The number of anilines is 1. The van der Waals surface area contributed by atoms with Gasteiger partial charge < -0.3 is 14.5 Å². The number of hydrogen-bond donors (Lipinski definition) is 0. The molecule has 0 saturated carbocycles. The largest absolute Gasteiger partial charge is 0.444 e. The van der Waals surface area contributed by atoms with Crippen molar-refractivity contribution < 1.29 is 9.53 Å². The summed E-state index contributed by atoms with van der Waals surface area (Å²) in [7, 11) is 0. The fraction of sp³-hybridized carbons (Fsp3) is 0.348.